The molecule has 0 aromatic heterocycles. The summed E-state index contributed by atoms with van der Waals surface area (Å²) >= 11 is 0. The molecule has 112 valence electrons. The van der Waals surface area contributed by atoms with Crippen molar-refractivity contribution in [2.75, 3.05) is 27.4 Å². The fraction of sp³-hybridized carbons (Fsp3) is 0.533. The van der Waals surface area contributed by atoms with E-state index in [2.05, 4.69) is 0 Å². The molecule has 5 nitrogen and oxygen atoms in total. The summed E-state index contributed by atoms with van der Waals surface area (Å²) in [6.45, 7) is 5.02. The van der Waals surface area contributed by atoms with Crippen LogP contribution in [0.4, 0.5) is 0 Å². The zero-order valence-electron chi connectivity index (χ0n) is 12.6. The first-order valence-corrected chi connectivity index (χ1v) is 6.73. The molecule has 1 amide bonds. The SMILES string of the molecule is CCOC(OCC)C(=O)N(C)Cc1cccc(OC)c1. The van der Waals surface area contributed by atoms with Gasteiger partial charge in [-0.05, 0) is 31.5 Å². The number of carbonyl (C=O) groups excluding carboxylic acids is 1. The minimum Gasteiger partial charge on any atom is -0.497 e. The molecule has 1 aromatic rings. The maximum Gasteiger partial charge on any atom is 0.279 e. The minimum atomic E-state index is -0.833. The van der Waals surface area contributed by atoms with Crippen molar-refractivity contribution < 1.29 is 19.0 Å². The molecular weight excluding hydrogens is 258 g/mol. The highest BCUT2D eigenvalue weighted by molar-refractivity contribution is 5.79. The average molecular weight is 281 g/mol. The molecule has 0 heterocycles. The van der Waals surface area contributed by atoms with Gasteiger partial charge in [0.05, 0.1) is 7.11 Å². The minimum absolute atomic E-state index is 0.184. The van der Waals surface area contributed by atoms with E-state index in [1.807, 2.05) is 38.1 Å². The summed E-state index contributed by atoms with van der Waals surface area (Å²) in [6, 6.07) is 7.62. The third-order valence-corrected chi connectivity index (χ3v) is 2.77. The molecule has 1 rings (SSSR count). The van der Waals surface area contributed by atoms with Crippen LogP contribution < -0.4 is 4.74 Å². The molecule has 0 atom stereocenters. The van der Waals surface area contributed by atoms with Gasteiger partial charge in [0.2, 0.25) is 6.29 Å². The van der Waals surface area contributed by atoms with E-state index in [-0.39, 0.29) is 5.91 Å². The number of nitrogens with zero attached hydrogens (tertiary/aromatic N) is 1. The molecule has 0 saturated heterocycles. The van der Waals surface area contributed by atoms with E-state index in [1.54, 1.807) is 19.1 Å². The maximum absolute atomic E-state index is 12.2. The molecule has 0 radical (unpaired) electrons. The Hall–Kier alpha value is -1.59. The van der Waals surface area contributed by atoms with E-state index in [1.165, 1.54) is 0 Å². The van der Waals surface area contributed by atoms with Crippen molar-refractivity contribution >= 4 is 5.91 Å². The Morgan fingerprint density at radius 3 is 2.45 bits per heavy atom. The van der Waals surface area contributed by atoms with Crippen molar-refractivity contribution in [2.45, 2.75) is 26.7 Å². The summed E-state index contributed by atoms with van der Waals surface area (Å²) in [4.78, 5) is 13.8. The van der Waals surface area contributed by atoms with Gasteiger partial charge in [-0.2, -0.15) is 0 Å². The fourth-order valence-electron chi connectivity index (χ4n) is 1.80. The number of carbonyl (C=O) groups is 1. The Morgan fingerprint density at radius 2 is 1.90 bits per heavy atom. The van der Waals surface area contributed by atoms with Crippen molar-refractivity contribution in [3.8, 4) is 5.75 Å². The van der Waals surface area contributed by atoms with Crippen molar-refractivity contribution in [3.05, 3.63) is 29.8 Å². The van der Waals surface area contributed by atoms with Crippen LogP contribution in [0, 0.1) is 0 Å². The van der Waals surface area contributed by atoms with Crippen LogP contribution in [0.1, 0.15) is 19.4 Å². The first-order chi connectivity index (χ1) is 9.62. The van der Waals surface area contributed by atoms with Crippen molar-refractivity contribution in [1.29, 1.82) is 0 Å². The predicted molar refractivity (Wildman–Crippen MR) is 76.5 cm³/mol. The summed E-state index contributed by atoms with van der Waals surface area (Å²) in [5.41, 5.74) is 0.993. The number of likely N-dealkylation sites (N-methyl/N-ethyl adjacent to an activating group) is 1. The molecule has 20 heavy (non-hydrogen) atoms. The normalized spacial score (nSPS) is 10.7. The first kappa shape index (κ1) is 16.5. The van der Waals surface area contributed by atoms with E-state index >= 15 is 0 Å². The number of amides is 1. The summed E-state index contributed by atoms with van der Waals surface area (Å²) in [7, 11) is 3.35. The summed E-state index contributed by atoms with van der Waals surface area (Å²) in [5, 5.41) is 0. The smallest absolute Gasteiger partial charge is 0.279 e. The van der Waals surface area contributed by atoms with Gasteiger partial charge in [-0.25, -0.2) is 0 Å². The molecule has 0 saturated carbocycles. The second-order valence-corrected chi connectivity index (χ2v) is 4.29. The van der Waals surface area contributed by atoms with Gasteiger partial charge in [0, 0.05) is 26.8 Å². The molecule has 0 aliphatic heterocycles. The lowest BCUT2D eigenvalue weighted by Crippen LogP contribution is -2.39. The second kappa shape index (κ2) is 8.55. The monoisotopic (exact) mass is 281 g/mol. The second-order valence-electron chi connectivity index (χ2n) is 4.29. The van der Waals surface area contributed by atoms with Gasteiger partial charge < -0.3 is 19.1 Å². The van der Waals surface area contributed by atoms with Crippen LogP contribution in [-0.4, -0.2) is 44.5 Å². The Morgan fingerprint density at radius 1 is 1.25 bits per heavy atom. The summed E-state index contributed by atoms with van der Waals surface area (Å²) in [6.07, 6.45) is -0.833. The lowest BCUT2D eigenvalue weighted by molar-refractivity contribution is -0.179. The number of hydrogen-bond donors (Lipinski definition) is 0. The predicted octanol–water partition coefficient (Wildman–Crippen LogP) is 2.05. The Labute approximate surface area is 120 Å². The van der Waals surface area contributed by atoms with Crippen molar-refractivity contribution in [1.82, 2.24) is 4.90 Å². The van der Waals surface area contributed by atoms with Crippen molar-refractivity contribution in [2.24, 2.45) is 0 Å². The lowest BCUT2D eigenvalue weighted by Gasteiger charge is -2.23. The Kier molecular flexibility index (Phi) is 7.04. The van der Waals surface area contributed by atoms with Gasteiger partial charge in [0.15, 0.2) is 0 Å². The number of ether oxygens (including phenoxy) is 3. The molecule has 0 fully saturated rings. The highest BCUT2D eigenvalue weighted by Gasteiger charge is 2.22. The van der Waals surface area contributed by atoms with Crippen LogP contribution in [0.2, 0.25) is 0 Å². The zero-order valence-corrected chi connectivity index (χ0v) is 12.6. The van der Waals surface area contributed by atoms with Crippen LogP contribution in [0.15, 0.2) is 24.3 Å². The van der Waals surface area contributed by atoms with Crippen LogP contribution in [0.5, 0.6) is 5.75 Å². The van der Waals surface area contributed by atoms with Crippen LogP contribution >= 0.6 is 0 Å². The zero-order chi connectivity index (χ0) is 15.0. The van der Waals surface area contributed by atoms with Crippen molar-refractivity contribution in [3.63, 3.8) is 0 Å². The lowest BCUT2D eigenvalue weighted by atomic mass is 10.2. The highest BCUT2D eigenvalue weighted by atomic mass is 16.7. The molecule has 1 aromatic carbocycles. The Balaban J connectivity index is 2.67. The third-order valence-electron chi connectivity index (χ3n) is 2.77. The Bertz CT molecular complexity index is 416. The van der Waals surface area contributed by atoms with Gasteiger partial charge in [0.1, 0.15) is 5.75 Å². The number of methoxy groups -OCH3 is 1. The van der Waals surface area contributed by atoms with Crippen LogP contribution in [0.3, 0.4) is 0 Å². The average Bonchev–Trinajstić information content (AvgIpc) is 2.46. The topological polar surface area (TPSA) is 48.0 Å². The van der Waals surface area contributed by atoms with Crippen LogP contribution in [-0.2, 0) is 20.8 Å². The molecule has 0 N–H and O–H groups in total. The summed E-state index contributed by atoms with van der Waals surface area (Å²) in [5.74, 6) is 0.589. The standard InChI is InChI=1S/C15H23NO4/c1-5-19-15(20-6-2)14(17)16(3)11-12-8-7-9-13(10-12)18-4/h7-10,15H,5-6,11H2,1-4H3. The quantitative estimate of drug-likeness (QED) is 0.684. The molecule has 0 unspecified atom stereocenters. The third kappa shape index (κ3) is 4.83. The molecule has 5 heteroatoms. The largest absolute Gasteiger partial charge is 0.497 e. The fourth-order valence-corrected chi connectivity index (χ4v) is 1.80. The molecular formula is C15H23NO4. The van der Waals surface area contributed by atoms with Gasteiger partial charge in [-0.1, -0.05) is 12.1 Å². The van der Waals surface area contributed by atoms with Gasteiger partial charge in [-0.15, -0.1) is 0 Å². The molecule has 0 aliphatic rings. The number of benzene rings is 1. The maximum atomic E-state index is 12.2. The van der Waals surface area contributed by atoms with Gasteiger partial charge in [0.25, 0.3) is 5.91 Å². The highest BCUT2D eigenvalue weighted by Crippen LogP contribution is 2.14. The number of rotatable bonds is 8. The van der Waals surface area contributed by atoms with Crippen LogP contribution in [0.25, 0.3) is 0 Å². The van der Waals surface area contributed by atoms with E-state index in [0.29, 0.717) is 19.8 Å². The van der Waals surface area contributed by atoms with E-state index < -0.39 is 6.29 Å². The van der Waals surface area contributed by atoms with E-state index in [4.69, 9.17) is 14.2 Å². The van der Waals surface area contributed by atoms with E-state index in [0.717, 1.165) is 11.3 Å². The first-order valence-electron chi connectivity index (χ1n) is 6.73. The molecule has 0 spiro atoms. The summed E-state index contributed by atoms with van der Waals surface area (Å²) < 4.78 is 15.8. The molecule has 0 aliphatic carbocycles. The van der Waals surface area contributed by atoms with Gasteiger partial charge >= 0.3 is 0 Å². The van der Waals surface area contributed by atoms with Gasteiger partial charge in [-0.3, -0.25) is 4.79 Å². The molecule has 0 bridgehead atoms. The van der Waals surface area contributed by atoms with E-state index in [9.17, 15) is 4.79 Å². The number of hydrogen-bond acceptors (Lipinski definition) is 4.